The predicted octanol–water partition coefficient (Wildman–Crippen LogP) is 3.18. The van der Waals surface area contributed by atoms with E-state index < -0.39 is 0 Å². The molecule has 4 N–H and O–H groups in total. The minimum Gasteiger partial charge on any atom is -0.373 e. The summed E-state index contributed by atoms with van der Waals surface area (Å²) in [5.74, 6) is 2.43. The number of anilines is 4. The Bertz CT molecular complexity index is 1080. The number of likely N-dealkylation sites (N-methyl/N-ethyl adjacent to an activating group) is 1. The van der Waals surface area contributed by atoms with Gasteiger partial charge in [-0.1, -0.05) is 0 Å². The lowest BCUT2D eigenvalue weighted by Crippen LogP contribution is -2.25. The van der Waals surface area contributed by atoms with Crippen LogP contribution < -0.4 is 21.3 Å². The summed E-state index contributed by atoms with van der Waals surface area (Å²) in [7, 11) is 2.06. The molecule has 0 unspecified atom stereocenters. The molecule has 9 heteroatoms. The van der Waals surface area contributed by atoms with Crippen molar-refractivity contribution in [2.24, 2.45) is 5.73 Å². The molecule has 4 rings (SSSR count). The first-order valence-corrected chi connectivity index (χ1v) is 11.4. The van der Waals surface area contributed by atoms with Crippen molar-refractivity contribution in [2.75, 3.05) is 41.9 Å². The Kier molecular flexibility index (Phi) is 5.97. The molecule has 30 heavy (non-hydrogen) atoms. The van der Waals surface area contributed by atoms with Crippen molar-refractivity contribution in [1.82, 2.24) is 14.6 Å². The zero-order valence-corrected chi connectivity index (χ0v) is 18.0. The van der Waals surface area contributed by atoms with Crippen molar-refractivity contribution in [1.29, 1.82) is 5.26 Å². The van der Waals surface area contributed by atoms with Crippen molar-refractivity contribution >= 4 is 40.4 Å². The first-order valence-electron chi connectivity index (χ1n) is 9.98. The molecule has 1 aliphatic carbocycles. The minimum absolute atomic E-state index is 0.458. The van der Waals surface area contributed by atoms with Crippen molar-refractivity contribution in [3.05, 3.63) is 41.6 Å². The standard InChI is InChI=1S/C21H26N8S/c1-28(8-7-22)18-6-5-17(9-14(18)13-30-2)25-19-10-20(26-16-3-4-16)29-21(27-19)15(11-23)12-24-29/h5-6,9-10,12,16,26H,3-4,7-8,13,22H2,1-2H3,(H,25,27). The lowest BCUT2D eigenvalue weighted by molar-refractivity contribution is 0.881. The van der Waals surface area contributed by atoms with Gasteiger partial charge in [0, 0.05) is 49.4 Å². The molecule has 0 amide bonds. The minimum atomic E-state index is 0.458. The number of thioether (sulfide) groups is 1. The molecular formula is C21H26N8S. The van der Waals surface area contributed by atoms with Crippen LogP contribution >= 0.6 is 11.8 Å². The third kappa shape index (κ3) is 4.30. The van der Waals surface area contributed by atoms with Crippen LogP contribution in [0.15, 0.2) is 30.5 Å². The number of nitrogens with two attached hydrogens (primary N) is 1. The van der Waals surface area contributed by atoms with Gasteiger partial charge in [-0.3, -0.25) is 0 Å². The summed E-state index contributed by atoms with van der Waals surface area (Å²) >= 11 is 1.78. The largest absolute Gasteiger partial charge is 0.373 e. The second-order valence-electron chi connectivity index (χ2n) is 7.46. The summed E-state index contributed by atoms with van der Waals surface area (Å²) < 4.78 is 1.70. The molecule has 3 aromatic rings. The average Bonchev–Trinajstić information content (AvgIpc) is 3.45. The van der Waals surface area contributed by atoms with E-state index in [-0.39, 0.29) is 0 Å². The quantitative estimate of drug-likeness (QED) is 0.483. The second-order valence-corrected chi connectivity index (χ2v) is 8.33. The Labute approximate surface area is 180 Å². The van der Waals surface area contributed by atoms with Gasteiger partial charge < -0.3 is 21.3 Å². The fourth-order valence-electron chi connectivity index (χ4n) is 3.41. The Hall–Kier alpha value is -2.96. The van der Waals surface area contributed by atoms with E-state index in [0.29, 0.717) is 29.6 Å². The molecule has 0 bridgehead atoms. The topological polar surface area (TPSA) is 107 Å². The number of rotatable bonds is 9. The van der Waals surface area contributed by atoms with Gasteiger partial charge >= 0.3 is 0 Å². The maximum absolute atomic E-state index is 9.41. The van der Waals surface area contributed by atoms with Crippen LogP contribution in [0.4, 0.5) is 23.0 Å². The summed E-state index contributed by atoms with van der Waals surface area (Å²) in [5.41, 5.74) is 10.1. The monoisotopic (exact) mass is 422 g/mol. The average molecular weight is 423 g/mol. The van der Waals surface area contributed by atoms with Gasteiger partial charge in [0.25, 0.3) is 0 Å². The predicted molar refractivity (Wildman–Crippen MR) is 124 cm³/mol. The van der Waals surface area contributed by atoms with Gasteiger partial charge in [-0.25, -0.2) is 4.98 Å². The molecule has 0 aliphatic heterocycles. The van der Waals surface area contributed by atoms with Gasteiger partial charge in [0.1, 0.15) is 23.3 Å². The molecule has 1 fully saturated rings. The van der Waals surface area contributed by atoms with Crippen LogP contribution in [-0.4, -0.2) is 47.0 Å². The molecule has 0 radical (unpaired) electrons. The van der Waals surface area contributed by atoms with Gasteiger partial charge in [-0.2, -0.15) is 26.6 Å². The van der Waals surface area contributed by atoms with E-state index in [0.717, 1.165) is 36.6 Å². The highest BCUT2D eigenvalue weighted by Crippen LogP contribution is 2.30. The fraction of sp³-hybridized carbons (Fsp3) is 0.381. The highest BCUT2D eigenvalue weighted by molar-refractivity contribution is 7.97. The molecule has 2 heterocycles. The SMILES string of the molecule is CSCc1cc(Nc2cc(NC3CC3)n3ncc(C#N)c3n2)ccc1N(C)CCN. The molecule has 8 nitrogen and oxygen atoms in total. The Morgan fingerprint density at radius 1 is 1.37 bits per heavy atom. The zero-order valence-electron chi connectivity index (χ0n) is 17.2. The van der Waals surface area contributed by atoms with Gasteiger partial charge in [-0.05, 0) is 42.9 Å². The number of hydrogen-bond donors (Lipinski definition) is 3. The number of benzene rings is 1. The van der Waals surface area contributed by atoms with E-state index in [2.05, 4.69) is 57.1 Å². The summed E-state index contributed by atoms with van der Waals surface area (Å²) in [6.07, 6.45) is 5.95. The van der Waals surface area contributed by atoms with Crippen molar-refractivity contribution < 1.29 is 0 Å². The van der Waals surface area contributed by atoms with Crippen LogP contribution in [0, 0.1) is 11.3 Å². The van der Waals surface area contributed by atoms with Crippen LogP contribution in [0.2, 0.25) is 0 Å². The Morgan fingerprint density at radius 2 is 2.20 bits per heavy atom. The molecule has 1 aromatic carbocycles. The molecule has 1 saturated carbocycles. The number of nitrogens with one attached hydrogen (secondary N) is 2. The van der Waals surface area contributed by atoms with Crippen LogP contribution in [0.5, 0.6) is 0 Å². The van der Waals surface area contributed by atoms with Crippen molar-refractivity contribution in [3.63, 3.8) is 0 Å². The maximum atomic E-state index is 9.41. The van der Waals surface area contributed by atoms with Gasteiger partial charge in [0.2, 0.25) is 0 Å². The zero-order chi connectivity index (χ0) is 21.1. The van der Waals surface area contributed by atoms with E-state index in [1.165, 1.54) is 11.3 Å². The highest BCUT2D eigenvalue weighted by Gasteiger charge is 2.23. The lowest BCUT2D eigenvalue weighted by atomic mass is 10.1. The summed E-state index contributed by atoms with van der Waals surface area (Å²) in [6, 6.07) is 10.9. The maximum Gasteiger partial charge on any atom is 0.177 e. The van der Waals surface area contributed by atoms with E-state index in [4.69, 9.17) is 5.73 Å². The highest BCUT2D eigenvalue weighted by atomic mass is 32.2. The first kappa shape index (κ1) is 20.3. The number of nitrogens with zero attached hydrogens (tertiary/aromatic N) is 5. The molecule has 156 valence electrons. The molecule has 1 aliphatic rings. The fourth-order valence-corrected chi connectivity index (χ4v) is 3.96. The number of nitriles is 1. The summed E-state index contributed by atoms with van der Waals surface area (Å²) in [6.45, 7) is 1.42. The van der Waals surface area contributed by atoms with E-state index >= 15 is 0 Å². The Balaban J connectivity index is 1.67. The van der Waals surface area contributed by atoms with Crippen LogP contribution in [0.1, 0.15) is 24.0 Å². The third-order valence-corrected chi connectivity index (χ3v) is 5.65. The lowest BCUT2D eigenvalue weighted by Gasteiger charge is -2.22. The van der Waals surface area contributed by atoms with Gasteiger partial charge in [-0.15, -0.1) is 0 Å². The van der Waals surface area contributed by atoms with E-state index in [1.54, 1.807) is 22.5 Å². The molecule has 0 spiro atoms. The smallest absolute Gasteiger partial charge is 0.177 e. The van der Waals surface area contributed by atoms with Gasteiger partial charge in [0.05, 0.1) is 6.20 Å². The number of fused-ring (bicyclic) bond motifs is 1. The molecular weight excluding hydrogens is 396 g/mol. The summed E-state index contributed by atoms with van der Waals surface area (Å²) in [4.78, 5) is 6.83. The van der Waals surface area contributed by atoms with E-state index in [1.807, 2.05) is 12.1 Å². The van der Waals surface area contributed by atoms with E-state index in [9.17, 15) is 5.26 Å². The molecule has 0 saturated heterocycles. The number of aromatic nitrogens is 3. The van der Waals surface area contributed by atoms with Gasteiger partial charge in [0.15, 0.2) is 5.65 Å². The van der Waals surface area contributed by atoms with Crippen molar-refractivity contribution in [2.45, 2.75) is 24.6 Å². The number of hydrogen-bond acceptors (Lipinski definition) is 8. The van der Waals surface area contributed by atoms with Crippen LogP contribution in [0.25, 0.3) is 5.65 Å². The van der Waals surface area contributed by atoms with Crippen LogP contribution in [0.3, 0.4) is 0 Å². The third-order valence-electron chi connectivity index (χ3n) is 5.05. The normalized spacial score (nSPS) is 13.3. The van der Waals surface area contributed by atoms with Crippen LogP contribution in [-0.2, 0) is 5.75 Å². The first-order chi connectivity index (χ1) is 14.6. The van der Waals surface area contributed by atoms with Crippen molar-refractivity contribution in [3.8, 4) is 6.07 Å². The molecule has 2 aromatic heterocycles. The molecule has 0 atom stereocenters. The Morgan fingerprint density at radius 3 is 2.90 bits per heavy atom. The second kappa shape index (κ2) is 8.81. The summed E-state index contributed by atoms with van der Waals surface area (Å²) in [5, 5.41) is 20.6.